The minimum absolute atomic E-state index is 0.0448. The minimum Gasteiger partial charge on any atom is -0.490 e. The number of thiophene rings is 1. The van der Waals surface area contributed by atoms with E-state index in [-0.39, 0.29) is 5.78 Å². The lowest BCUT2D eigenvalue weighted by molar-refractivity contribution is 0.102. The van der Waals surface area contributed by atoms with Crippen molar-refractivity contribution in [2.24, 2.45) is 0 Å². The lowest BCUT2D eigenvalue weighted by atomic mass is 10.1. The summed E-state index contributed by atoms with van der Waals surface area (Å²) in [6, 6.07) is 7.51. The van der Waals surface area contributed by atoms with Crippen molar-refractivity contribution in [3.8, 4) is 11.5 Å². The standard InChI is InChI=1S/C19H18N2O3S2/c1-2-13-9-14-18(20-11-21-19(14)26-13)25-10-15(22)12-4-5-16-17(8-12)24-7-3-6-23-16/h4-5,8-9,11H,2-3,6-7,10H2,1H3. The van der Waals surface area contributed by atoms with Gasteiger partial charge in [-0.15, -0.1) is 11.3 Å². The number of hydrogen-bond acceptors (Lipinski definition) is 7. The monoisotopic (exact) mass is 386 g/mol. The van der Waals surface area contributed by atoms with Gasteiger partial charge < -0.3 is 9.47 Å². The molecule has 0 saturated carbocycles. The smallest absolute Gasteiger partial charge is 0.173 e. The number of ether oxygens (including phenoxy) is 2. The van der Waals surface area contributed by atoms with E-state index >= 15 is 0 Å². The second-order valence-electron chi connectivity index (χ2n) is 5.89. The van der Waals surface area contributed by atoms with Gasteiger partial charge >= 0.3 is 0 Å². The Morgan fingerprint density at radius 3 is 2.88 bits per heavy atom. The molecule has 0 amide bonds. The molecule has 134 valence electrons. The van der Waals surface area contributed by atoms with Crippen LogP contribution in [0.2, 0.25) is 0 Å². The number of thioether (sulfide) groups is 1. The number of Topliss-reactive ketones (excluding diaryl/α,β-unsaturated/α-hetero) is 1. The second-order valence-corrected chi connectivity index (χ2v) is 7.97. The van der Waals surface area contributed by atoms with E-state index in [9.17, 15) is 4.79 Å². The first-order valence-corrected chi connectivity index (χ1v) is 10.3. The molecule has 0 atom stereocenters. The van der Waals surface area contributed by atoms with Crippen LogP contribution in [0.3, 0.4) is 0 Å². The van der Waals surface area contributed by atoms with Gasteiger partial charge in [0, 0.05) is 22.2 Å². The molecule has 4 rings (SSSR count). The molecular weight excluding hydrogens is 368 g/mol. The van der Waals surface area contributed by atoms with Crippen molar-refractivity contribution in [3.05, 3.63) is 41.0 Å². The van der Waals surface area contributed by atoms with E-state index in [1.807, 2.05) is 6.07 Å². The molecule has 0 unspecified atom stereocenters. The number of benzene rings is 1. The molecule has 1 aliphatic heterocycles. The Kier molecular flexibility index (Phi) is 5.08. The van der Waals surface area contributed by atoms with E-state index < -0.39 is 0 Å². The Hall–Kier alpha value is -2.12. The third-order valence-corrected chi connectivity index (χ3v) is 6.29. The molecule has 3 heterocycles. The highest BCUT2D eigenvalue weighted by Gasteiger charge is 2.16. The largest absolute Gasteiger partial charge is 0.490 e. The molecule has 0 radical (unpaired) electrons. The molecule has 0 saturated heterocycles. The van der Waals surface area contributed by atoms with E-state index in [4.69, 9.17) is 9.47 Å². The first-order chi connectivity index (χ1) is 12.7. The van der Waals surface area contributed by atoms with Crippen molar-refractivity contribution in [2.45, 2.75) is 24.8 Å². The third kappa shape index (κ3) is 3.54. The molecule has 1 aromatic carbocycles. The van der Waals surface area contributed by atoms with Crippen molar-refractivity contribution in [1.82, 2.24) is 9.97 Å². The normalized spacial score (nSPS) is 13.6. The van der Waals surface area contributed by atoms with E-state index in [1.54, 1.807) is 29.8 Å². The summed E-state index contributed by atoms with van der Waals surface area (Å²) in [6.07, 6.45) is 3.39. The predicted molar refractivity (Wildman–Crippen MR) is 104 cm³/mol. The maximum absolute atomic E-state index is 12.6. The number of ketones is 1. The lowest BCUT2D eigenvalue weighted by Gasteiger charge is -2.08. The highest BCUT2D eigenvalue weighted by molar-refractivity contribution is 8.00. The quantitative estimate of drug-likeness (QED) is 0.368. The van der Waals surface area contributed by atoms with E-state index in [1.165, 1.54) is 16.6 Å². The minimum atomic E-state index is 0.0448. The lowest BCUT2D eigenvalue weighted by Crippen LogP contribution is -2.04. The Morgan fingerprint density at radius 1 is 1.19 bits per heavy atom. The van der Waals surface area contributed by atoms with Crippen molar-refractivity contribution in [1.29, 1.82) is 0 Å². The van der Waals surface area contributed by atoms with Crippen LogP contribution in [0.15, 0.2) is 35.6 Å². The average Bonchev–Trinajstić information content (AvgIpc) is 2.96. The Bertz CT molecular complexity index is 955. The first-order valence-electron chi connectivity index (χ1n) is 8.53. The summed E-state index contributed by atoms with van der Waals surface area (Å²) >= 11 is 3.13. The Balaban J connectivity index is 1.51. The topological polar surface area (TPSA) is 61.3 Å². The predicted octanol–water partition coefficient (Wildman–Crippen LogP) is 4.39. The fourth-order valence-corrected chi connectivity index (χ4v) is 4.59. The van der Waals surface area contributed by atoms with Crippen LogP contribution in [-0.4, -0.2) is 34.7 Å². The summed E-state index contributed by atoms with van der Waals surface area (Å²) in [6.45, 7) is 3.37. The second kappa shape index (κ2) is 7.63. The molecule has 0 bridgehead atoms. The molecule has 0 aliphatic carbocycles. The zero-order valence-electron chi connectivity index (χ0n) is 14.4. The summed E-state index contributed by atoms with van der Waals surface area (Å²) in [4.78, 5) is 23.6. The van der Waals surface area contributed by atoms with E-state index in [0.29, 0.717) is 36.0 Å². The van der Waals surface area contributed by atoms with Gasteiger partial charge in [-0.25, -0.2) is 9.97 Å². The number of hydrogen-bond donors (Lipinski definition) is 0. The van der Waals surface area contributed by atoms with Crippen LogP contribution in [-0.2, 0) is 6.42 Å². The van der Waals surface area contributed by atoms with Crippen molar-refractivity contribution in [2.75, 3.05) is 19.0 Å². The van der Waals surface area contributed by atoms with Crippen LogP contribution in [0.1, 0.15) is 28.6 Å². The van der Waals surface area contributed by atoms with Gasteiger partial charge in [0.15, 0.2) is 17.3 Å². The van der Waals surface area contributed by atoms with Gasteiger partial charge in [-0.1, -0.05) is 18.7 Å². The van der Waals surface area contributed by atoms with Crippen LogP contribution < -0.4 is 9.47 Å². The molecule has 26 heavy (non-hydrogen) atoms. The fraction of sp³-hybridized carbons (Fsp3) is 0.316. The van der Waals surface area contributed by atoms with Crippen molar-refractivity contribution < 1.29 is 14.3 Å². The van der Waals surface area contributed by atoms with Crippen LogP contribution in [0.5, 0.6) is 11.5 Å². The number of carbonyl (C=O) groups excluding carboxylic acids is 1. The van der Waals surface area contributed by atoms with Gasteiger partial charge in [0.1, 0.15) is 16.2 Å². The van der Waals surface area contributed by atoms with Crippen LogP contribution in [0.4, 0.5) is 0 Å². The summed E-state index contributed by atoms with van der Waals surface area (Å²) < 4.78 is 11.3. The number of fused-ring (bicyclic) bond motifs is 2. The van der Waals surface area contributed by atoms with Gasteiger partial charge in [0.25, 0.3) is 0 Å². The van der Waals surface area contributed by atoms with Gasteiger partial charge in [-0.2, -0.15) is 0 Å². The number of carbonyl (C=O) groups is 1. The van der Waals surface area contributed by atoms with Crippen LogP contribution in [0.25, 0.3) is 10.2 Å². The van der Waals surface area contributed by atoms with E-state index in [0.717, 1.165) is 28.1 Å². The summed E-state index contributed by atoms with van der Waals surface area (Å²) in [5, 5.41) is 1.89. The van der Waals surface area contributed by atoms with Crippen LogP contribution in [0, 0.1) is 0 Å². The van der Waals surface area contributed by atoms with Gasteiger partial charge in [0.05, 0.1) is 19.0 Å². The number of nitrogens with zero attached hydrogens (tertiary/aromatic N) is 2. The van der Waals surface area contributed by atoms with E-state index in [2.05, 4.69) is 23.0 Å². The zero-order chi connectivity index (χ0) is 17.9. The molecular formula is C19H18N2O3S2. The fourth-order valence-electron chi connectivity index (χ4n) is 2.73. The van der Waals surface area contributed by atoms with Gasteiger partial charge in [-0.05, 0) is 30.7 Å². The Labute approximate surface area is 159 Å². The molecule has 7 heteroatoms. The summed E-state index contributed by atoms with van der Waals surface area (Å²) in [5.74, 6) is 1.72. The van der Waals surface area contributed by atoms with Gasteiger partial charge in [-0.3, -0.25) is 4.79 Å². The molecule has 3 aromatic rings. The number of aromatic nitrogens is 2. The summed E-state index contributed by atoms with van der Waals surface area (Å²) in [7, 11) is 0. The number of rotatable bonds is 5. The first kappa shape index (κ1) is 17.3. The molecule has 0 fully saturated rings. The number of aryl methyl sites for hydroxylation is 1. The SMILES string of the molecule is CCc1cc2c(SCC(=O)c3ccc4c(c3)OCCCO4)ncnc2s1. The maximum atomic E-state index is 12.6. The molecule has 1 aliphatic rings. The average molecular weight is 386 g/mol. The van der Waals surface area contributed by atoms with Crippen LogP contribution >= 0.6 is 23.1 Å². The summed E-state index contributed by atoms with van der Waals surface area (Å²) in [5.41, 5.74) is 0.631. The Morgan fingerprint density at radius 2 is 2.04 bits per heavy atom. The molecule has 2 aromatic heterocycles. The zero-order valence-corrected chi connectivity index (χ0v) is 16.0. The molecule has 5 nitrogen and oxygen atoms in total. The molecule has 0 spiro atoms. The van der Waals surface area contributed by atoms with Crippen molar-refractivity contribution >= 4 is 39.1 Å². The van der Waals surface area contributed by atoms with Crippen molar-refractivity contribution in [3.63, 3.8) is 0 Å². The highest BCUT2D eigenvalue weighted by atomic mass is 32.2. The van der Waals surface area contributed by atoms with Gasteiger partial charge in [0.2, 0.25) is 0 Å². The third-order valence-electron chi connectivity index (χ3n) is 4.10. The highest BCUT2D eigenvalue weighted by Crippen LogP contribution is 2.33. The molecule has 0 N–H and O–H groups in total. The maximum Gasteiger partial charge on any atom is 0.173 e.